The molecule has 74 valence electrons. The van der Waals surface area contributed by atoms with Gasteiger partial charge in [0.15, 0.2) is 0 Å². The van der Waals surface area contributed by atoms with E-state index in [-0.39, 0.29) is 12.5 Å². The zero-order chi connectivity index (χ0) is 10.1. The summed E-state index contributed by atoms with van der Waals surface area (Å²) in [6.45, 7) is 2.05. The van der Waals surface area contributed by atoms with E-state index in [9.17, 15) is 0 Å². The van der Waals surface area contributed by atoms with Crippen LogP contribution in [-0.4, -0.2) is 11.7 Å². The molecule has 0 aliphatic rings. The van der Waals surface area contributed by atoms with E-state index in [2.05, 4.69) is 15.9 Å². The standard InChI is InChI=1S/C11H11BrO2/c1-7(6-13)11-5-8-4-9(12)2-3-10(8)14-11/h2-5,7,13H,6H2,1H3. The third kappa shape index (κ3) is 1.70. The van der Waals surface area contributed by atoms with Crippen molar-refractivity contribution < 1.29 is 9.52 Å². The highest BCUT2D eigenvalue weighted by atomic mass is 79.9. The minimum Gasteiger partial charge on any atom is -0.461 e. The number of aliphatic hydroxyl groups excluding tert-OH is 1. The molecular formula is C11H11BrO2. The number of furan rings is 1. The molecule has 3 heteroatoms. The summed E-state index contributed by atoms with van der Waals surface area (Å²) in [4.78, 5) is 0. The second kappa shape index (κ2) is 3.75. The van der Waals surface area contributed by atoms with Crippen molar-refractivity contribution in [2.24, 2.45) is 0 Å². The summed E-state index contributed by atoms with van der Waals surface area (Å²) in [6, 6.07) is 7.85. The lowest BCUT2D eigenvalue weighted by Crippen LogP contribution is -1.95. The molecule has 1 heterocycles. The average Bonchev–Trinajstić information content (AvgIpc) is 2.59. The quantitative estimate of drug-likeness (QED) is 0.893. The van der Waals surface area contributed by atoms with E-state index < -0.39 is 0 Å². The fraction of sp³-hybridized carbons (Fsp3) is 0.273. The Morgan fingerprint density at radius 2 is 2.21 bits per heavy atom. The lowest BCUT2D eigenvalue weighted by molar-refractivity contribution is 0.259. The van der Waals surface area contributed by atoms with Crippen molar-refractivity contribution in [2.75, 3.05) is 6.61 Å². The summed E-state index contributed by atoms with van der Waals surface area (Å²) in [5.41, 5.74) is 0.864. The van der Waals surface area contributed by atoms with Crippen LogP contribution in [-0.2, 0) is 0 Å². The monoisotopic (exact) mass is 254 g/mol. The molecule has 0 spiro atoms. The molecular weight excluding hydrogens is 244 g/mol. The van der Waals surface area contributed by atoms with Gasteiger partial charge in [-0.1, -0.05) is 22.9 Å². The van der Waals surface area contributed by atoms with Crippen LogP contribution >= 0.6 is 15.9 Å². The first kappa shape index (κ1) is 9.74. The lowest BCUT2D eigenvalue weighted by atomic mass is 10.1. The second-order valence-corrected chi connectivity index (χ2v) is 4.33. The molecule has 1 atom stereocenters. The van der Waals surface area contributed by atoms with Crippen LogP contribution in [0.4, 0.5) is 0 Å². The van der Waals surface area contributed by atoms with Crippen LogP contribution in [0.3, 0.4) is 0 Å². The Bertz CT molecular complexity index is 447. The molecule has 0 radical (unpaired) electrons. The second-order valence-electron chi connectivity index (χ2n) is 3.41. The van der Waals surface area contributed by atoms with Gasteiger partial charge in [0.1, 0.15) is 11.3 Å². The van der Waals surface area contributed by atoms with Gasteiger partial charge in [-0.25, -0.2) is 0 Å². The molecule has 14 heavy (non-hydrogen) atoms. The molecule has 0 saturated carbocycles. The molecule has 1 aromatic carbocycles. The highest BCUT2D eigenvalue weighted by Crippen LogP contribution is 2.27. The van der Waals surface area contributed by atoms with Gasteiger partial charge >= 0.3 is 0 Å². The zero-order valence-electron chi connectivity index (χ0n) is 7.83. The number of halogens is 1. The Balaban J connectivity index is 2.51. The molecule has 2 nitrogen and oxygen atoms in total. The van der Waals surface area contributed by atoms with Gasteiger partial charge in [0, 0.05) is 15.8 Å². The first-order valence-corrected chi connectivity index (χ1v) is 5.30. The van der Waals surface area contributed by atoms with E-state index in [0.29, 0.717) is 0 Å². The van der Waals surface area contributed by atoms with Crippen LogP contribution in [0.2, 0.25) is 0 Å². The maximum atomic E-state index is 9.00. The summed E-state index contributed by atoms with van der Waals surface area (Å²) in [5, 5.41) is 10.1. The van der Waals surface area contributed by atoms with Gasteiger partial charge in [0.05, 0.1) is 6.61 Å². The zero-order valence-corrected chi connectivity index (χ0v) is 9.41. The van der Waals surface area contributed by atoms with Crippen LogP contribution in [0.5, 0.6) is 0 Å². The molecule has 0 aliphatic heterocycles. The van der Waals surface area contributed by atoms with Gasteiger partial charge in [-0.3, -0.25) is 0 Å². The maximum Gasteiger partial charge on any atom is 0.134 e. The molecule has 0 bridgehead atoms. The van der Waals surface area contributed by atoms with Crippen molar-refractivity contribution in [1.82, 2.24) is 0 Å². The summed E-state index contributed by atoms with van der Waals surface area (Å²) in [5.74, 6) is 0.891. The third-order valence-electron chi connectivity index (χ3n) is 2.26. The minimum absolute atomic E-state index is 0.0566. The number of hydrogen-bond donors (Lipinski definition) is 1. The van der Waals surface area contributed by atoms with Crippen LogP contribution < -0.4 is 0 Å². The van der Waals surface area contributed by atoms with E-state index in [1.54, 1.807) is 0 Å². The van der Waals surface area contributed by atoms with Crippen LogP contribution in [0.25, 0.3) is 11.0 Å². The fourth-order valence-electron chi connectivity index (χ4n) is 1.37. The van der Waals surface area contributed by atoms with Gasteiger partial charge in [0.25, 0.3) is 0 Å². The van der Waals surface area contributed by atoms with Crippen molar-refractivity contribution in [3.05, 3.63) is 34.5 Å². The molecule has 0 fully saturated rings. The van der Waals surface area contributed by atoms with Crippen LogP contribution in [0.1, 0.15) is 18.6 Å². The third-order valence-corrected chi connectivity index (χ3v) is 2.75. The molecule has 1 aromatic heterocycles. The fourth-order valence-corrected chi connectivity index (χ4v) is 1.75. The Morgan fingerprint density at radius 1 is 1.43 bits per heavy atom. The first-order valence-electron chi connectivity index (χ1n) is 4.50. The van der Waals surface area contributed by atoms with Gasteiger partial charge in [-0.15, -0.1) is 0 Å². The topological polar surface area (TPSA) is 33.4 Å². The number of benzene rings is 1. The van der Waals surface area contributed by atoms with E-state index in [1.165, 1.54) is 0 Å². The van der Waals surface area contributed by atoms with E-state index >= 15 is 0 Å². The van der Waals surface area contributed by atoms with E-state index in [1.807, 2.05) is 31.2 Å². The normalized spacial score (nSPS) is 13.4. The minimum atomic E-state index is 0.0566. The van der Waals surface area contributed by atoms with Crippen molar-refractivity contribution in [2.45, 2.75) is 12.8 Å². The first-order chi connectivity index (χ1) is 6.70. The van der Waals surface area contributed by atoms with Gasteiger partial charge in [-0.2, -0.15) is 0 Å². The smallest absolute Gasteiger partial charge is 0.134 e. The molecule has 1 unspecified atom stereocenters. The van der Waals surface area contributed by atoms with E-state index in [0.717, 1.165) is 21.2 Å². The summed E-state index contributed by atoms with van der Waals surface area (Å²) in [6.07, 6.45) is 0. The maximum absolute atomic E-state index is 9.00. The van der Waals surface area contributed by atoms with Gasteiger partial charge in [0.2, 0.25) is 0 Å². The van der Waals surface area contributed by atoms with Crippen molar-refractivity contribution in [3.8, 4) is 0 Å². The molecule has 0 amide bonds. The number of rotatable bonds is 2. The van der Waals surface area contributed by atoms with Gasteiger partial charge < -0.3 is 9.52 Å². The summed E-state index contributed by atoms with van der Waals surface area (Å²) >= 11 is 3.40. The number of fused-ring (bicyclic) bond motifs is 1. The molecule has 1 N–H and O–H groups in total. The Morgan fingerprint density at radius 3 is 2.93 bits per heavy atom. The van der Waals surface area contributed by atoms with Crippen LogP contribution in [0, 0.1) is 0 Å². The Kier molecular flexibility index (Phi) is 2.61. The SMILES string of the molecule is CC(CO)c1cc2cc(Br)ccc2o1. The van der Waals surface area contributed by atoms with Crippen molar-refractivity contribution in [3.63, 3.8) is 0 Å². The highest BCUT2D eigenvalue weighted by molar-refractivity contribution is 9.10. The average molecular weight is 255 g/mol. The largest absolute Gasteiger partial charge is 0.461 e. The summed E-state index contributed by atoms with van der Waals surface area (Å²) < 4.78 is 6.63. The Hall–Kier alpha value is -0.800. The van der Waals surface area contributed by atoms with Crippen molar-refractivity contribution in [1.29, 1.82) is 0 Å². The number of aliphatic hydroxyl groups is 1. The molecule has 2 rings (SSSR count). The predicted molar refractivity (Wildman–Crippen MR) is 59.4 cm³/mol. The molecule has 0 aliphatic carbocycles. The van der Waals surface area contributed by atoms with Gasteiger partial charge in [-0.05, 0) is 24.3 Å². The molecule has 0 saturated heterocycles. The number of hydrogen-bond acceptors (Lipinski definition) is 2. The lowest BCUT2D eigenvalue weighted by Gasteiger charge is -2.00. The van der Waals surface area contributed by atoms with E-state index in [4.69, 9.17) is 9.52 Å². The summed E-state index contributed by atoms with van der Waals surface area (Å²) in [7, 11) is 0. The van der Waals surface area contributed by atoms with Crippen LogP contribution in [0.15, 0.2) is 33.2 Å². The Labute approximate surface area is 90.7 Å². The predicted octanol–water partition coefficient (Wildman–Crippen LogP) is 3.29. The molecule has 2 aromatic rings. The van der Waals surface area contributed by atoms with Crippen molar-refractivity contribution >= 4 is 26.9 Å². The highest BCUT2D eigenvalue weighted by Gasteiger charge is 2.10.